The van der Waals surface area contributed by atoms with Gasteiger partial charge in [0.15, 0.2) is 0 Å². The molecule has 2 aromatic rings. The highest BCUT2D eigenvalue weighted by Crippen LogP contribution is 2.24. The average molecular weight is 338 g/mol. The van der Waals surface area contributed by atoms with Crippen molar-refractivity contribution >= 4 is 5.69 Å². The molecule has 1 heterocycles. The molecule has 0 N–H and O–H groups in total. The first kappa shape index (κ1) is 18.0. The van der Waals surface area contributed by atoms with Gasteiger partial charge in [-0.15, -0.1) is 0 Å². The number of nitrogens with zero attached hydrogens (tertiary/aromatic N) is 2. The van der Waals surface area contributed by atoms with Gasteiger partial charge in [0.25, 0.3) is 0 Å². The first-order chi connectivity index (χ1) is 12.2. The fourth-order valence-corrected chi connectivity index (χ4v) is 3.59. The third-order valence-electron chi connectivity index (χ3n) is 5.13. The number of ether oxygens (including phenoxy) is 1. The van der Waals surface area contributed by atoms with Gasteiger partial charge in [-0.05, 0) is 50.6 Å². The van der Waals surface area contributed by atoms with Crippen LogP contribution in [0, 0.1) is 0 Å². The van der Waals surface area contributed by atoms with Crippen LogP contribution in [0.5, 0.6) is 0 Å². The Morgan fingerprint density at radius 3 is 2.36 bits per heavy atom. The summed E-state index contributed by atoms with van der Waals surface area (Å²) in [6.45, 7) is 3.67. The normalized spacial score (nSPS) is 16.2. The molecule has 1 aliphatic rings. The maximum absolute atomic E-state index is 5.51. The summed E-state index contributed by atoms with van der Waals surface area (Å²) >= 11 is 0. The standard InChI is InChI=1S/C22H30N2O/c1-23(2)21(18-19-8-4-3-5-9-19)13-12-20-10-6-7-11-22(20)24-14-16-25-17-15-24/h3-11,21H,12-18H2,1-2H3. The molecule has 1 saturated heterocycles. The van der Waals surface area contributed by atoms with Crippen LogP contribution in [0.3, 0.4) is 0 Å². The van der Waals surface area contributed by atoms with Gasteiger partial charge in [-0.1, -0.05) is 48.5 Å². The molecule has 0 bridgehead atoms. The van der Waals surface area contributed by atoms with Crippen molar-refractivity contribution in [1.82, 2.24) is 4.90 Å². The topological polar surface area (TPSA) is 15.7 Å². The lowest BCUT2D eigenvalue weighted by atomic mass is 9.97. The monoisotopic (exact) mass is 338 g/mol. The molecule has 3 heteroatoms. The van der Waals surface area contributed by atoms with E-state index in [1.807, 2.05) is 0 Å². The molecule has 1 aliphatic heterocycles. The van der Waals surface area contributed by atoms with Crippen LogP contribution in [0.15, 0.2) is 54.6 Å². The number of hydrogen-bond donors (Lipinski definition) is 0. The van der Waals surface area contributed by atoms with Crippen molar-refractivity contribution in [2.24, 2.45) is 0 Å². The van der Waals surface area contributed by atoms with Crippen molar-refractivity contribution in [1.29, 1.82) is 0 Å². The Hall–Kier alpha value is -1.84. The highest BCUT2D eigenvalue weighted by atomic mass is 16.5. The Morgan fingerprint density at radius 2 is 1.64 bits per heavy atom. The Morgan fingerprint density at radius 1 is 0.960 bits per heavy atom. The molecule has 134 valence electrons. The first-order valence-electron chi connectivity index (χ1n) is 9.35. The van der Waals surface area contributed by atoms with Crippen LogP contribution in [0.2, 0.25) is 0 Å². The maximum Gasteiger partial charge on any atom is 0.0642 e. The summed E-state index contributed by atoms with van der Waals surface area (Å²) in [6.07, 6.45) is 3.39. The highest BCUT2D eigenvalue weighted by molar-refractivity contribution is 5.54. The van der Waals surface area contributed by atoms with E-state index in [1.54, 1.807) is 0 Å². The predicted molar refractivity (Wildman–Crippen MR) is 105 cm³/mol. The minimum atomic E-state index is 0.556. The number of anilines is 1. The number of hydrogen-bond acceptors (Lipinski definition) is 3. The molecule has 3 rings (SSSR count). The second-order valence-corrected chi connectivity index (χ2v) is 7.07. The number of morpholine rings is 1. The molecule has 0 saturated carbocycles. The predicted octanol–water partition coefficient (Wildman–Crippen LogP) is 3.63. The number of likely N-dealkylation sites (N-methyl/N-ethyl adjacent to an activating group) is 1. The zero-order chi connectivity index (χ0) is 17.5. The van der Waals surface area contributed by atoms with Crippen molar-refractivity contribution in [2.45, 2.75) is 25.3 Å². The van der Waals surface area contributed by atoms with Gasteiger partial charge in [-0.25, -0.2) is 0 Å². The second kappa shape index (κ2) is 9.02. The molecule has 1 fully saturated rings. The van der Waals surface area contributed by atoms with Crippen LogP contribution < -0.4 is 4.90 Å². The molecular formula is C22H30N2O. The minimum Gasteiger partial charge on any atom is -0.378 e. The van der Waals surface area contributed by atoms with E-state index in [0.717, 1.165) is 39.1 Å². The summed E-state index contributed by atoms with van der Waals surface area (Å²) in [5.74, 6) is 0. The first-order valence-corrected chi connectivity index (χ1v) is 9.35. The highest BCUT2D eigenvalue weighted by Gasteiger charge is 2.17. The fourth-order valence-electron chi connectivity index (χ4n) is 3.59. The van der Waals surface area contributed by atoms with E-state index in [4.69, 9.17) is 4.74 Å². The van der Waals surface area contributed by atoms with Crippen molar-refractivity contribution in [3.63, 3.8) is 0 Å². The second-order valence-electron chi connectivity index (χ2n) is 7.07. The van der Waals surface area contributed by atoms with Crippen LogP contribution in [-0.2, 0) is 17.6 Å². The Balaban J connectivity index is 1.66. The third kappa shape index (κ3) is 5.07. The van der Waals surface area contributed by atoms with Crippen LogP contribution >= 0.6 is 0 Å². The van der Waals surface area contributed by atoms with Crippen LogP contribution in [0.25, 0.3) is 0 Å². The molecule has 0 aromatic heterocycles. The van der Waals surface area contributed by atoms with E-state index in [2.05, 4.69) is 78.5 Å². The molecule has 1 atom stereocenters. The lowest BCUT2D eigenvalue weighted by Crippen LogP contribution is -2.37. The SMILES string of the molecule is CN(C)C(CCc1ccccc1N1CCOCC1)Cc1ccccc1. The number of aryl methyl sites for hydroxylation is 1. The third-order valence-corrected chi connectivity index (χ3v) is 5.13. The van der Waals surface area contributed by atoms with Crippen molar-refractivity contribution in [3.8, 4) is 0 Å². The van der Waals surface area contributed by atoms with Gasteiger partial charge >= 0.3 is 0 Å². The summed E-state index contributed by atoms with van der Waals surface area (Å²) < 4.78 is 5.51. The molecular weight excluding hydrogens is 308 g/mol. The smallest absolute Gasteiger partial charge is 0.0642 e. The molecule has 3 nitrogen and oxygen atoms in total. The Kier molecular flexibility index (Phi) is 6.48. The summed E-state index contributed by atoms with van der Waals surface area (Å²) in [4.78, 5) is 4.84. The zero-order valence-electron chi connectivity index (χ0n) is 15.5. The minimum absolute atomic E-state index is 0.556. The summed E-state index contributed by atoms with van der Waals surface area (Å²) in [7, 11) is 4.39. The quantitative estimate of drug-likeness (QED) is 0.767. The van der Waals surface area contributed by atoms with E-state index in [-0.39, 0.29) is 0 Å². The lowest BCUT2D eigenvalue weighted by molar-refractivity contribution is 0.122. The van der Waals surface area contributed by atoms with Gasteiger partial charge in [-0.3, -0.25) is 0 Å². The number of rotatable bonds is 7. The van der Waals surface area contributed by atoms with Crippen molar-refractivity contribution in [2.75, 3.05) is 45.3 Å². The molecule has 1 unspecified atom stereocenters. The van der Waals surface area contributed by atoms with Gasteiger partial charge in [-0.2, -0.15) is 0 Å². The zero-order valence-corrected chi connectivity index (χ0v) is 15.5. The molecule has 0 radical (unpaired) electrons. The summed E-state index contributed by atoms with van der Waals surface area (Å²) in [6, 6.07) is 20.3. The van der Waals surface area contributed by atoms with Crippen molar-refractivity contribution in [3.05, 3.63) is 65.7 Å². The maximum atomic E-state index is 5.51. The van der Waals surface area contributed by atoms with E-state index in [9.17, 15) is 0 Å². The van der Waals surface area contributed by atoms with Gasteiger partial charge in [0.1, 0.15) is 0 Å². The molecule has 2 aromatic carbocycles. The Labute approximate surface area is 152 Å². The molecule has 25 heavy (non-hydrogen) atoms. The van der Waals surface area contributed by atoms with Crippen LogP contribution in [0.4, 0.5) is 5.69 Å². The largest absolute Gasteiger partial charge is 0.378 e. The van der Waals surface area contributed by atoms with Crippen LogP contribution in [-0.4, -0.2) is 51.3 Å². The van der Waals surface area contributed by atoms with E-state index in [0.29, 0.717) is 6.04 Å². The average Bonchev–Trinajstić information content (AvgIpc) is 2.66. The lowest BCUT2D eigenvalue weighted by Gasteiger charge is -2.31. The van der Waals surface area contributed by atoms with E-state index in [1.165, 1.54) is 23.2 Å². The Bertz CT molecular complexity index is 635. The van der Waals surface area contributed by atoms with E-state index >= 15 is 0 Å². The van der Waals surface area contributed by atoms with E-state index < -0.39 is 0 Å². The van der Waals surface area contributed by atoms with Gasteiger partial charge in [0.2, 0.25) is 0 Å². The van der Waals surface area contributed by atoms with Gasteiger partial charge in [0.05, 0.1) is 13.2 Å². The summed E-state index contributed by atoms with van der Waals surface area (Å²) in [5, 5.41) is 0. The molecule has 0 amide bonds. The summed E-state index contributed by atoms with van der Waals surface area (Å²) in [5.41, 5.74) is 4.27. The fraction of sp³-hybridized carbons (Fsp3) is 0.455. The number of benzene rings is 2. The van der Waals surface area contributed by atoms with Gasteiger partial charge < -0.3 is 14.5 Å². The van der Waals surface area contributed by atoms with Gasteiger partial charge in [0, 0.05) is 24.8 Å². The van der Waals surface area contributed by atoms with Crippen LogP contribution in [0.1, 0.15) is 17.5 Å². The molecule has 0 aliphatic carbocycles. The number of para-hydroxylation sites is 1. The van der Waals surface area contributed by atoms with Crippen molar-refractivity contribution < 1.29 is 4.74 Å². The molecule has 0 spiro atoms.